The van der Waals surface area contributed by atoms with Crippen LogP contribution < -0.4 is 20.3 Å². The number of aromatic nitrogens is 3. The van der Waals surface area contributed by atoms with Crippen LogP contribution in [0.25, 0.3) is 22.2 Å². The fourth-order valence-electron chi connectivity index (χ4n) is 5.54. The van der Waals surface area contributed by atoms with E-state index in [1.165, 1.54) is 19.4 Å². The largest absolute Gasteiger partial charge is 0.494 e. The molecule has 1 saturated heterocycles. The molecule has 1 aliphatic rings. The van der Waals surface area contributed by atoms with E-state index in [1.54, 1.807) is 7.11 Å². The molecule has 0 spiro atoms. The molecule has 0 bridgehead atoms. The Morgan fingerprint density at radius 1 is 1.14 bits per heavy atom. The first-order valence-corrected chi connectivity index (χ1v) is 14.1. The molecule has 11 heteroatoms. The minimum atomic E-state index is -0.539. The van der Waals surface area contributed by atoms with Crippen molar-refractivity contribution in [3.8, 4) is 17.0 Å². The molecule has 224 valence electrons. The number of carbonyl (C=O) groups excluding carboxylic acids is 2. The summed E-state index contributed by atoms with van der Waals surface area (Å²) in [6.07, 6.45) is 5.64. The minimum Gasteiger partial charge on any atom is -0.494 e. The number of ether oxygens (including phenoxy) is 2. The highest BCUT2D eigenvalue weighted by Crippen LogP contribution is 2.40. The van der Waals surface area contributed by atoms with Crippen molar-refractivity contribution in [3.05, 3.63) is 67.0 Å². The zero-order chi connectivity index (χ0) is 30.7. The molecule has 0 radical (unpaired) electrons. The molecule has 4 aromatic rings. The van der Waals surface area contributed by atoms with Crippen LogP contribution in [0.4, 0.5) is 23.0 Å². The Labute approximate surface area is 251 Å². The molecule has 11 nitrogen and oxygen atoms in total. The number of rotatable bonds is 9. The molecule has 1 unspecified atom stereocenters. The van der Waals surface area contributed by atoms with Crippen LogP contribution in [0.3, 0.4) is 0 Å². The Hall–Kier alpha value is -4.90. The lowest BCUT2D eigenvalue weighted by atomic mass is 10.1. The van der Waals surface area contributed by atoms with E-state index in [0.717, 1.165) is 48.2 Å². The van der Waals surface area contributed by atoms with E-state index in [-0.39, 0.29) is 17.4 Å². The molecule has 2 N–H and O–H groups in total. The number of piperazine rings is 1. The predicted molar refractivity (Wildman–Crippen MR) is 169 cm³/mol. The van der Waals surface area contributed by atoms with E-state index >= 15 is 0 Å². The number of carbonyl (C=O) groups is 2. The standard InChI is InChI=1S/C32H37N7O4/c1-7-20-18-39(14-13-37(20)3)27-16-28(42-5)25(15-24(27)34-29(40)8-2)35-32-33-17-22(31(41)43-6)30(36-32)23-19-38(4)26-12-10-9-11-21(23)26/h8-12,15-17,19-20H,2,7,13-14,18H2,1,3-6H3,(H,34,40)(H,33,35,36). The van der Waals surface area contributed by atoms with E-state index < -0.39 is 5.97 Å². The predicted octanol–water partition coefficient (Wildman–Crippen LogP) is 4.83. The van der Waals surface area contributed by atoms with Gasteiger partial charge in [-0.2, -0.15) is 0 Å². The number of amides is 1. The van der Waals surface area contributed by atoms with Gasteiger partial charge in [-0.1, -0.05) is 31.7 Å². The lowest BCUT2D eigenvalue weighted by Gasteiger charge is -2.41. The van der Waals surface area contributed by atoms with Gasteiger partial charge in [-0.3, -0.25) is 9.69 Å². The maximum absolute atomic E-state index is 12.7. The second-order valence-electron chi connectivity index (χ2n) is 10.5. The van der Waals surface area contributed by atoms with Gasteiger partial charge in [0, 0.05) is 67.7 Å². The molecule has 5 rings (SSSR count). The summed E-state index contributed by atoms with van der Waals surface area (Å²) in [6.45, 7) is 8.30. The summed E-state index contributed by atoms with van der Waals surface area (Å²) in [5, 5.41) is 7.15. The van der Waals surface area contributed by atoms with Crippen LogP contribution in [0.15, 0.2) is 61.4 Å². The number of esters is 1. The molecule has 3 heterocycles. The average Bonchev–Trinajstić information content (AvgIpc) is 3.37. The summed E-state index contributed by atoms with van der Waals surface area (Å²) in [4.78, 5) is 39.1. The van der Waals surface area contributed by atoms with Crippen molar-refractivity contribution in [1.29, 1.82) is 0 Å². The molecule has 2 aromatic heterocycles. The molecule has 0 saturated carbocycles. The number of hydrogen-bond donors (Lipinski definition) is 2. The van der Waals surface area contributed by atoms with Crippen molar-refractivity contribution in [1.82, 2.24) is 19.4 Å². The van der Waals surface area contributed by atoms with Gasteiger partial charge in [0.25, 0.3) is 0 Å². The lowest BCUT2D eigenvalue weighted by molar-refractivity contribution is -0.111. The second kappa shape index (κ2) is 12.5. The van der Waals surface area contributed by atoms with Crippen molar-refractivity contribution in [2.45, 2.75) is 19.4 Å². The number of nitrogens with one attached hydrogen (secondary N) is 2. The first-order valence-electron chi connectivity index (χ1n) is 14.1. The first-order chi connectivity index (χ1) is 20.8. The normalized spacial score (nSPS) is 15.3. The smallest absolute Gasteiger partial charge is 0.341 e. The third kappa shape index (κ3) is 5.89. The third-order valence-corrected chi connectivity index (χ3v) is 7.94. The van der Waals surface area contributed by atoms with Gasteiger partial charge in [-0.15, -0.1) is 0 Å². The quantitative estimate of drug-likeness (QED) is 0.211. The molecular formula is C32H37N7O4. The van der Waals surface area contributed by atoms with E-state index in [1.807, 2.05) is 54.2 Å². The zero-order valence-electron chi connectivity index (χ0n) is 25.2. The highest BCUT2D eigenvalue weighted by molar-refractivity contribution is 6.03. The van der Waals surface area contributed by atoms with Crippen molar-refractivity contribution in [2.75, 3.05) is 56.4 Å². The summed E-state index contributed by atoms with van der Waals surface area (Å²) in [5.41, 5.74) is 4.43. The van der Waals surface area contributed by atoms with E-state index in [9.17, 15) is 9.59 Å². The van der Waals surface area contributed by atoms with Crippen molar-refractivity contribution >= 4 is 45.8 Å². The fourth-order valence-corrected chi connectivity index (χ4v) is 5.54. The number of para-hydroxylation sites is 1. The van der Waals surface area contributed by atoms with Gasteiger partial charge in [0.05, 0.1) is 37.0 Å². The van der Waals surface area contributed by atoms with Crippen molar-refractivity contribution in [2.24, 2.45) is 7.05 Å². The van der Waals surface area contributed by atoms with Gasteiger partial charge < -0.3 is 29.6 Å². The van der Waals surface area contributed by atoms with Gasteiger partial charge in [0.15, 0.2) is 0 Å². The average molecular weight is 584 g/mol. The maximum Gasteiger partial charge on any atom is 0.341 e. The number of methoxy groups -OCH3 is 2. The number of aryl methyl sites for hydroxylation is 1. The van der Waals surface area contributed by atoms with Crippen LogP contribution in [0.2, 0.25) is 0 Å². The summed E-state index contributed by atoms with van der Waals surface area (Å²) >= 11 is 0. The van der Waals surface area contributed by atoms with Gasteiger partial charge in [0.1, 0.15) is 11.3 Å². The van der Waals surface area contributed by atoms with Crippen LogP contribution >= 0.6 is 0 Å². The van der Waals surface area contributed by atoms with Crippen molar-refractivity contribution < 1.29 is 19.1 Å². The van der Waals surface area contributed by atoms with Crippen molar-refractivity contribution in [3.63, 3.8) is 0 Å². The first kappa shape index (κ1) is 29.6. The molecule has 43 heavy (non-hydrogen) atoms. The molecule has 0 aliphatic carbocycles. The molecule has 2 aromatic carbocycles. The summed E-state index contributed by atoms with van der Waals surface area (Å²) in [5.74, 6) is -0.0712. The SMILES string of the molecule is C=CC(=O)Nc1cc(Nc2ncc(C(=O)OC)c(-c3cn(C)c4ccccc34)n2)c(OC)cc1N1CCN(C)C(CC)C1. The number of benzene rings is 2. The van der Waals surface area contributed by atoms with Crippen LogP contribution in [0, 0.1) is 0 Å². The molecule has 1 fully saturated rings. The van der Waals surface area contributed by atoms with Gasteiger partial charge >= 0.3 is 5.97 Å². The Morgan fingerprint density at radius 3 is 2.65 bits per heavy atom. The molecule has 1 aliphatic heterocycles. The van der Waals surface area contributed by atoms with Gasteiger partial charge in [0.2, 0.25) is 11.9 Å². The lowest BCUT2D eigenvalue weighted by Crippen LogP contribution is -2.51. The van der Waals surface area contributed by atoms with Crippen LogP contribution in [-0.4, -0.2) is 78.3 Å². The number of likely N-dealkylation sites (N-methyl/N-ethyl adjacent to an activating group) is 1. The van der Waals surface area contributed by atoms with Gasteiger partial charge in [-0.05, 0) is 31.7 Å². The Bertz CT molecular complexity index is 1680. The Kier molecular flexibility index (Phi) is 8.63. The minimum absolute atomic E-state index is 0.242. The number of hydrogen-bond acceptors (Lipinski definition) is 9. The Morgan fingerprint density at radius 2 is 1.93 bits per heavy atom. The number of nitrogens with zero attached hydrogens (tertiary/aromatic N) is 5. The molecule has 1 amide bonds. The van der Waals surface area contributed by atoms with Crippen LogP contribution in [-0.2, 0) is 16.6 Å². The monoisotopic (exact) mass is 583 g/mol. The zero-order valence-corrected chi connectivity index (χ0v) is 25.2. The highest BCUT2D eigenvalue weighted by atomic mass is 16.5. The summed E-state index contributed by atoms with van der Waals surface area (Å²) in [7, 11) is 7.00. The third-order valence-electron chi connectivity index (χ3n) is 7.94. The number of fused-ring (bicyclic) bond motifs is 1. The highest BCUT2D eigenvalue weighted by Gasteiger charge is 2.27. The number of anilines is 4. The summed E-state index contributed by atoms with van der Waals surface area (Å²) in [6, 6.07) is 12.0. The van der Waals surface area contributed by atoms with Crippen LogP contribution in [0.1, 0.15) is 23.7 Å². The second-order valence-corrected chi connectivity index (χ2v) is 10.5. The van der Waals surface area contributed by atoms with Crippen LogP contribution in [0.5, 0.6) is 5.75 Å². The maximum atomic E-state index is 12.7. The van der Waals surface area contributed by atoms with E-state index in [4.69, 9.17) is 14.5 Å². The van der Waals surface area contributed by atoms with E-state index in [2.05, 4.69) is 46.0 Å². The Balaban J connectivity index is 1.58. The van der Waals surface area contributed by atoms with E-state index in [0.29, 0.717) is 28.9 Å². The fraction of sp³-hybridized carbons (Fsp3) is 0.312. The topological polar surface area (TPSA) is 114 Å². The van der Waals surface area contributed by atoms with Gasteiger partial charge in [-0.25, -0.2) is 14.8 Å². The molecular weight excluding hydrogens is 546 g/mol. The molecule has 1 atom stereocenters. The summed E-state index contributed by atoms with van der Waals surface area (Å²) < 4.78 is 12.8.